The van der Waals surface area contributed by atoms with E-state index in [1.54, 1.807) is 26.0 Å². The average molecular weight is 344 g/mol. The molecule has 0 aliphatic heterocycles. The lowest BCUT2D eigenvalue weighted by molar-refractivity contribution is 0.0588. The quantitative estimate of drug-likeness (QED) is 0.829. The van der Waals surface area contributed by atoms with Gasteiger partial charge in [-0.1, -0.05) is 12.1 Å². The van der Waals surface area contributed by atoms with Crippen molar-refractivity contribution in [2.45, 2.75) is 20.3 Å². The molecule has 0 amide bonds. The third kappa shape index (κ3) is 3.74. The number of hydrogen-bond acceptors (Lipinski definition) is 6. The topological polar surface area (TPSA) is 93.1 Å². The summed E-state index contributed by atoms with van der Waals surface area (Å²) in [5.74, 6) is -1.71. The van der Waals surface area contributed by atoms with Crippen LogP contribution in [0.4, 0.5) is 0 Å². The SMILES string of the molecule is COC(=O)c1cc(C)cc(Cc2cc(C)cc(C(=O)OC)c2O)c1O. The number of methoxy groups -OCH3 is 2. The molecule has 6 heteroatoms. The van der Waals surface area contributed by atoms with E-state index in [1.165, 1.54) is 26.4 Å². The number of hydrogen-bond donors (Lipinski definition) is 2. The summed E-state index contributed by atoms with van der Waals surface area (Å²) in [5, 5.41) is 20.8. The molecule has 2 N–H and O–H groups in total. The van der Waals surface area contributed by atoms with Gasteiger partial charge in [0.05, 0.1) is 14.2 Å². The standard InChI is InChI=1S/C19H20O6/c1-10-5-12(16(20)14(7-10)18(22)24-3)9-13-6-11(2)8-15(17(13)21)19(23)25-4/h5-8,20-21H,9H2,1-4H3. The van der Waals surface area contributed by atoms with Crippen molar-refractivity contribution in [2.75, 3.05) is 14.2 Å². The van der Waals surface area contributed by atoms with Gasteiger partial charge in [-0.15, -0.1) is 0 Å². The Labute approximate surface area is 145 Å². The van der Waals surface area contributed by atoms with Gasteiger partial charge in [0.25, 0.3) is 0 Å². The molecule has 132 valence electrons. The first-order valence-corrected chi connectivity index (χ1v) is 7.60. The van der Waals surface area contributed by atoms with Crippen molar-refractivity contribution >= 4 is 11.9 Å². The Morgan fingerprint density at radius 1 is 0.800 bits per heavy atom. The first-order valence-electron chi connectivity index (χ1n) is 7.60. The number of phenols is 2. The van der Waals surface area contributed by atoms with Crippen molar-refractivity contribution in [3.63, 3.8) is 0 Å². The van der Waals surface area contributed by atoms with Crippen LogP contribution in [0.15, 0.2) is 24.3 Å². The van der Waals surface area contributed by atoms with Crippen molar-refractivity contribution in [1.82, 2.24) is 0 Å². The number of rotatable bonds is 4. The van der Waals surface area contributed by atoms with Gasteiger partial charge < -0.3 is 19.7 Å². The fourth-order valence-corrected chi connectivity index (χ4v) is 2.71. The van der Waals surface area contributed by atoms with Gasteiger partial charge >= 0.3 is 11.9 Å². The third-order valence-corrected chi connectivity index (χ3v) is 3.86. The average Bonchev–Trinajstić information content (AvgIpc) is 2.59. The molecule has 0 saturated carbocycles. The Hall–Kier alpha value is -3.02. The summed E-state index contributed by atoms with van der Waals surface area (Å²) < 4.78 is 9.35. The number of aryl methyl sites for hydroxylation is 2. The molecular formula is C19H20O6. The molecule has 0 aromatic heterocycles. The van der Waals surface area contributed by atoms with Crippen molar-refractivity contribution in [1.29, 1.82) is 0 Å². The van der Waals surface area contributed by atoms with Crippen LogP contribution in [-0.2, 0) is 15.9 Å². The van der Waals surface area contributed by atoms with E-state index < -0.39 is 11.9 Å². The van der Waals surface area contributed by atoms with E-state index in [0.717, 1.165) is 11.1 Å². The zero-order valence-corrected chi connectivity index (χ0v) is 14.5. The number of aromatic hydroxyl groups is 2. The second kappa shape index (κ2) is 7.25. The summed E-state index contributed by atoms with van der Waals surface area (Å²) in [5.41, 5.74) is 2.51. The molecule has 2 rings (SSSR count). The van der Waals surface area contributed by atoms with E-state index in [4.69, 9.17) is 0 Å². The molecule has 0 bridgehead atoms. The van der Waals surface area contributed by atoms with Gasteiger partial charge in [-0.05, 0) is 48.2 Å². The van der Waals surface area contributed by atoms with Crippen LogP contribution in [0.2, 0.25) is 0 Å². The van der Waals surface area contributed by atoms with Gasteiger partial charge in [0.15, 0.2) is 0 Å². The molecule has 2 aromatic carbocycles. The number of carbonyl (C=O) groups excluding carboxylic acids is 2. The van der Waals surface area contributed by atoms with E-state index >= 15 is 0 Å². The Balaban J connectivity index is 2.54. The van der Waals surface area contributed by atoms with Gasteiger partial charge in [0.1, 0.15) is 22.6 Å². The largest absolute Gasteiger partial charge is 0.507 e. The molecule has 6 nitrogen and oxygen atoms in total. The lowest BCUT2D eigenvalue weighted by Crippen LogP contribution is -2.06. The van der Waals surface area contributed by atoms with E-state index in [-0.39, 0.29) is 29.0 Å². The smallest absolute Gasteiger partial charge is 0.341 e. The van der Waals surface area contributed by atoms with Crippen LogP contribution in [0.5, 0.6) is 11.5 Å². The Bertz CT molecular complexity index is 769. The normalized spacial score (nSPS) is 10.4. The molecule has 0 aliphatic carbocycles. The summed E-state index contributed by atoms with van der Waals surface area (Å²) in [7, 11) is 2.47. The Kier molecular flexibility index (Phi) is 5.32. The maximum atomic E-state index is 11.8. The summed E-state index contributed by atoms with van der Waals surface area (Å²) in [6.45, 7) is 3.57. The third-order valence-electron chi connectivity index (χ3n) is 3.86. The van der Waals surface area contributed by atoms with Crippen LogP contribution in [0, 0.1) is 13.8 Å². The number of ether oxygens (including phenoxy) is 2. The predicted molar refractivity (Wildman–Crippen MR) is 91.2 cm³/mol. The van der Waals surface area contributed by atoms with Crippen molar-refractivity contribution in [2.24, 2.45) is 0 Å². The minimum atomic E-state index is -0.647. The molecule has 0 heterocycles. The lowest BCUT2D eigenvalue weighted by Gasteiger charge is -2.13. The summed E-state index contributed by atoms with van der Waals surface area (Å²) in [4.78, 5) is 23.6. The van der Waals surface area contributed by atoms with Crippen LogP contribution < -0.4 is 0 Å². The lowest BCUT2D eigenvalue weighted by atomic mass is 9.95. The molecule has 2 aromatic rings. The van der Waals surface area contributed by atoms with Gasteiger partial charge in [0, 0.05) is 6.42 Å². The number of carbonyl (C=O) groups is 2. The molecule has 0 aliphatic rings. The first-order chi connectivity index (χ1) is 11.8. The highest BCUT2D eigenvalue weighted by molar-refractivity contribution is 5.94. The second-order valence-electron chi connectivity index (χ2n) is 5.80. The number of benzene rings is 2. The molecule has 25 heavy (non-hydrogen) atoms. The van der Waals surface area contributed by atoms with Crippen LogP contribution in [-0.4, -0.2) is 36.4 Å². The maximum Gasteiger partial charge on any atom is 0.341 e. The zero-order valence-electron chi connectivity index (χ0n) is 14.5. The molecule has 0 fully saturated rings. The van der Waals surface area contributed by atoms with Crippen molar-refractivity contribution in [3.05, 3.63) is 57.6 Å². The molecule has 0 saturated heterocycles. The van der Waals surface area contributed by atoms with Gasteiger partial charge in [-0.2, -0.15) is 0 Å². The summed E-state index contributed by atoms with van der Waals surface area (Å²) in [6, 6.07) is 6.48. The van der Waals surface area contributed by atoms with Crippen molar-refractivity contribution < 1.29 is 29.3 Å². The second-order valence-corrected chi connectivity index (χ2v) is 5.80. The molecular weight excluding hydrogens is 324 g/mol. The highest BCUT2D eigenvalue weighted by Crippen LogP contribution is 2.32. The van der Waals surface area contributed by atoms with E-state index in [2.05, 4.69) is 9.47 Å². The predicted octanol–water partition coefficient (Wildman–Crippen LogP) is 2.88. The van der Waals surface area contributed by atoms with E-state index in [0.29, 0.717) is 11.1 Å². The monoisotopic (exact) mass is 344 g/mol. The summed E-state index contributed by atoms with van der Waals surface area (Å²) in [6.07, 6.45) is 0.134. The summed E-state index contributed by atoms with van der Waals surface area (Å²) >= 11 is 0. The fraction of sp³-hybridized carbons (Fsp3) is 0.263. The maximum absolute atomic E-state index is 11.8. The van der Waals surface area contributed by atoms with E-state index in [9.17, 15) is 19.8 Å². The molecule has 0 unspecified atom stereocenters. The highest BCUT2D eigenvalue weighted by atomic mass is 16.5. The Morgan fingerprint density at radius 2 is 1.16 bits per heavy atom. The molecule has 0 spiro atoms. The van der Waals surface area contributed by atoms with Gasteiger partial charge in [-0.3, -0.25) is 0 Å². The minimum absolute atomic E-state index is 0.0536. The van der Waals surface area contributed by atoms with Crippen LogP contribution >= 0.6 is 0 Å². The number of phenolic OH excluding ortho intramolecular Hbond substituents is 2. The van der Waals surface area contributed by atoms with E-state index in [1.807, 2.05) is 0 Å². The molecule has 0 radical (unpaired) electrons. The fourth-order valence-electron chi connectivity index (χ4n) is 2.71. The first kappa shape index (κ1) is 18.3. The molecule has 0 atom stereocenters. The van der Waals surface area contributed by atoms with Crippen molar-refractivity contribution in [3.8, 4) is 11.5 Å². The Morgan fingerprint density at radius 3 is 1.48 bits per heavy atom. The van der Waals surface area contributed by atoms with Crippen LogP contribution in [0.25, 0.3) is 0 Å². The minimum Gasteiger partial charge on any atom is -0.507 e. The van der Waals surface area contributed by atoms with Crippen LogP contribution in [0.1, 0.15) is 43.0 Å². The van der Waals surface area contributed by atoms with Crippen LogP contribution in [0.3, 0.4) is 0 Å². The zero-order chi connectivity index (χ0) is 18.7. The number of esters is 2. The van der Waals surface area contributed by atoms with Gasteiger partial charge in [0.2, 0.25) is 0 Å². The van der Waals surface area contributed by atoms with Gasteiger partial charge in [-0.25, -0.2) is 9.59 Å². The highest BCUT2D eigenvalue weighted by Gasteiger charge is 2.20.